The van der Waals surface area contributed by atoms with Gasteiger partial charge in [0.05, 0.1) is 12.2 Å². The second-order valence-corrected chi connectivity index (χ2v) is 6.00. The maximum atomic E-state index is 13.0. The molecular formula is C15H21ClN6O. The van der Waals surface area contributed by atoms with Crippen LogP contribution in [0, 0.1) is 0 Å². The first kappa shape index (κ1) is 16.0. The summed E-state index contributed by atoms with van der Waals surface area (Å²) in [6.07, 6.45) is 7.78. The molecule has 23 heavy (non-hydrogen) atoms. The van der Waals surface area contributed by atoms with Gasteiger partial charge in [-0.3, -0.25) is 15.0 Å². The van der Waals surface area contributed by atoms with E-state index in [0.717, 1.165) is 62.1 Å². The first-order valence-corrected chi connectivity index (χ1v) is 7.91. The number of carbonyl (C=O) groups excluding carboxylic acids is 1. The highest BCUT2D eigenvalue weighted by Gasteiger charge is 2.32. The fourth-order valence-electron chi connectivity index (χ4n) is 3.50. The Morgan fingerprint density at radius 2 is 2.26 bits per heavy atom. The summed E-state index contributed by atoms with van der Waals surface area (Å²) in [5.41, 5.74) is 3.79. The number of hydrogen-bond acceptors (Lipinski definition) is 4. The van der Waals surface area contributed by atoms with Gasteiger partial charge in [0, 0.05) is 49.1 Å². The number of piperidine rings is 1. The Balaban J connectivity index is 0.00000156. The van der Waals surface area contributed by atoms with E-state index in [0.29, 0.717) is 5.69 Å². The molecule has 2 aliphatic rings. The number of aromatic nitrogens is 4. The second kappa shape index (κ2) is 6.72. The van der Waals surface area contributed by atoms with Gasteiger partial charge in [0.25, 0.3) is 5.91 Å². The van der Waals surface area contributed by atoms with Gasteiger partial charge in [-0.15, -0.1) is 12.4 Å². The summed E-state index contributed by atoms with van der Waals surface area (Å²) in [6.45, 7) is 2.44. The van der Waals surface area contributed by atoms with Crippen molar-refractivity contribution in [3.63, 3.8) is 0 Å². The minimum absolute atomic E-state index is 0. The van der Waals surface area contributed by atoms with Gasteiger partial charge in [-0.25, -0.2) is 0 Å². The molecule has 4 heterocycles. The molecular weight excluding hydrogens is 316 g/mol. The SMILES string of the molecule is Cl.O=C(c1n[nH]c2c1CNCC2)N1CCCCC1c1cn[nH]c1. The van der Waals surface area contributed by atoms with Gasteiger partial charge in [0.1, 0.15) is 0 Å². The molecule has 7 nitrogen and oxygen atoms in total. The first-order valence-electron chi connectivity index (χ1n) is 7.91. The third-order valence-electron chi connectivity index (χ3n) is 4.68. The van der Waals surface area contributed by atoms with Crippen molar-refractivity contribution in [3.8, 4) is 0 Å². The molecule has 4 rings (SSSR count). The van der Waals surface area contributed by atoms with Gasteiger partial charge in [-0.05, 0) is 19.3 Å². The lowest BCUT2D eigenvalue weighted by Crippen LogP contribution is -2.39. The third kappa shape index (κ3) is 2.86. The lowest BCUT2D eigenvalue weighted by molar-refractivity contribution is 0.0604. The van der Waals surface area contributed by atoms with Crippen LogP contribution in [-0.2, 0) is 13.0 Å². The topological polar surface area (TPSA) is 89.7 Å². The summed E-state index contributed by atoms with van der Waals surface area (Å²) in [5, 5.41) is 17.5. The van der Waals surface area contributed by atoms with Crippen LogP contribution in [0.4, 0.5) is 0 Å². The normalized spacial score (nSPS) is 20.7. The van der Waals surface area contributed by atoms with Crippen molar-refractivity contribution < 1.29 is 4.79 Å². The highest BCUT2D eigenvalue weighted by Crippen LogP contribution is 2.32. The lowest BCUT2D eigenvalue weighted by Gasteiger charge is -2.35. The quantitative estimate of drug-likeness (QED) is 0.776. The number of carbonyl (C=O) groups is 1. The number of amides is 1. The monoisotopic (exact) mass is 336 g/mol. The number of likely N-dealkylation sites (tertiary alicyclic amines) is 1. The molecule has 0 radical (unpaired) electrons. The summed E-state index contributed by atoms with van der Waals surface area (Å²) < 4.78 is 0. The van der Waals surface area contributed by atoms with Crippen LogP contribution in [0.25, 0.3) is 0 Å². The fraction of sp³-hybridized carbons (Fsp3) is 0.533. The Hall–Kier alpha value is -1.86. The minimum Gasteiger partial charge on any atom is -0.330 e. The average Bonchev–Trinajstić information content (AvgIpc) is 3.24. The molecule has 2 aromatic heterocycles. The van der Waals surface area contributed by atoms with Gasteiger partial charge in [0.2, 0.25) is 0 Å². The number of nitrogens with zero attached hydrogens (tertiary/aromatic N) is 3. The molecule has 2 aromatic rings. The van der Waals surface area contributed by atoms with Gasteiger partial charge >= 0.3 is 0 Å². The van der Waals surface area contributed by atoms with Gasteiger partial charge in [0.15, 0.2) is 5.69 Å². The summed E-state index contributed by atoms with van der Waals surface area (Å²) in [6, 6.07) is 0.101. The van der Waals surface area contributed by atoms with Gasteiger partial charge in [-0.1, -0.05) is 0 Å². The van der Waals surface area contributed by atoms with E-state index in [-0.39, 0.29) is 24.4 Å². The van der Waals surface area contributed by atoms with Crippen molar-refractivity contribution in [2.45, 2.75) is 38.3 Å². The Morgan fingerprint density at radius 3 is 3.09 bits per heavy atom. The molecule has 1 saturated heterocycles. The zero-order valence-corrected chi connectivity index (χ0v) is 13.7. The maximum Gasteiger partial charge on any atom is 0.275 e. The predicted octanol–water partition coefficient (Wildman–Crippen LogP) is 1.57. The standard InChI is InChI=1S/C15H20N6O.ClH/c22-15(14-11-9-16-5-4-12(11)19-20-14)21-6-2-1-3-13(21)10-7-17-18-8-10;/h7-8,13,16H,1-6,9H2,(H,17,18)(H,19,20);1H. The molecule has 2 aliphatic heterocycles. The summed E-state index contributed by atoms with van der Waals surface area (Å²) in [4.78, 5) is 15.0. The molecule has 8 heteroatoms. The van der Waals surface area contributed by atoms with Crippen LogP contribution in [0.3, 0.4) is 0 Å². The maximum absolute atomic E-state index is 13.0. The Labute approximate surface area is 140 Å². The Kier molecular flexibility index (Phi) is 4.68. The molecule has 1 fully saturated rings. The molecule has 1 amide bonds. The molecule has 0 saturated carbocycles. The first-order chi connectivity index (χ1) is 10.8. The van der Waals surface area contributed by atoms with Gasteiger partial charge in [-0.2, -0.15) is 10.2 Å². The average molecular weight is 337 g/mol. The molecule has 0 aromatic carbocycles. The molecule has 124 valence electrons. The van der Waals surface area contributed by atoms with E-state index >= 15 is 0 Å². The van der Waals surface area contributed by atoms with Crippen molar-refractivity contribution >= 4 is 18.3 Å². The number of H-pyrrole nitrogens is 2. The van der Waals surface area contributed by atoms with Crippen LogP contribution in [0.1, 0.15) is 52.6 Å². The van der Waals surface area contributed by atoms with E-state index in [1.807, 2.05) is 17.3 Å². The van der Waals surface area contributed by atoms with E-state index in [2.05, 4.69) is 25.7 Å². The van der Waals surface area contributed by atoms with Crippen LogP contribution >= 0.6 is 12.4 Å². The van der Waals surface area contributed by atoms with Crippen molar-refractivity contribution in [2.24, 2.45) is 0 Å². The minimum atomic E-state index is 0. The summed E-state index contributed by atoms with van der Waals surface area (Å²) >= 11 is 0. The van der Waals surface area contributed by atoms with E-state index in [1.165, 1.54) is 0 Å². The van der Waals surface area contributed by atoms with E-state index < -0.39 is 0 Å². The largest absolute Gasteiger partial charge is 0.330 e. The molecule has 1 unspecified atom stereocenters. The third-order valence-corrected chi connectivity index (χ3v) is 4.68. The van der Waals surface area contributed by atoms with E-state index in [1.54, 1.807) is 0 Å². The zero-order chi connectivity index (χ0) is 14.9. The van der Waals surface area contributed by atoms with Crippen LogP contribution < -0.4 is 5.32 Å². The number of nitrogens with one attached hydrogen (secondary N) is 3. The number of halogens is 1. The number of aromatic amines is 2. The van der Waals surface area contributed by atoms with Crippen LogP contribution in [-0.4, -0.2) is 44.3 Å². The summed E-state index contributed by atoms with van der Waals surface area (Å²) in [7, 11) is 0. The Morgan fingerprint density at radius 1 is 1.35 bits per heavy atom. The number of fused-ring (bicyclic) bond motifs is 1. The smallest absolute Gasteiger partial charge is 0.275 e. The van der Waals surface area contributed by atoms with Crippen molar-refractivity contribution in [2.75, 3.05) is 13.1 Å². The molecule has 3 N–H and O–H groups in total. The van der Waals surface area contributed by atoms with Crippen molar-refractivity contribution in [3.05, 3.63) is 34.9 Å². The lowest BCUT2D eigenvalue weighted by atomic mass is 9.96. The van der Waals surface area contributed by atoms with Crippen molar-refractivity contribution in [1.29, 1.82) is 0 Å². The summed E-state index contributed by atoms with van der Waals surface area (Å²) in [5.74, 6) is 0.0344. The molecule has 0 aliphatic carbocycles. The van der Waals surface area contributed by atoms with Gasteiger partial charge < -0.3 is 10.2 Å². The number of rotatable bonds is 2. The Bertz CT molecular complexity index is 668. The highest BCUT2D eigenvalue weighted by atomic mass is 35.5. The van der Waals surface area contributed by atoms with E-state index in [4.69, 9.17) is 0 Å². The molecule has 0 spiro atoms. The highest BCUT2D eigenvalue weighted by molar-refractivity contribution is 5.94. The van der Waals surface area contributed by atoms with E-state index in [9.17, 15) is 4.79 Å². The second-order valence-electron chi connectivity index (χ2n) is 6.00. The number of hydrogen-bond donors (Lipinski definition) is 3. The van der Waals surface area contributed by atoms with Crippen LogP contribution in [0.15, 0.2) is 12.4 Å². The van der Waals surface area contributed by atoms with Crippen LogP contribution in [0.2, 0.25) is 0 Å². The zero-order valence-electron chi connectivity index (χ0n) is 12.8. The molecule has 1 atom stereocenters. The predicted molar refractivity (Wildman–Crippen MR) is 87.5 cm³/mol. The van der Waals surface area contributed by atoms with Crippen molar-refractivity contribution in [1.82, 2.24) is 30.6 Å². The van der Waals surface area contributed by atoms with Crippen LogP contribution in [0.5, 0.6) is 0 Å². The molecule has 0 bridgehead atoms. The fourth-order valence-corrected chi connectivity index (χ4v) is 3.50.